The van der Waals surface area contributed by atoms with Gasteiger partial charge in [0, 0.05) is 18.9 Å². The van der Waals surface area contributed by atoms with E-state index in [-0.39, 0.29) is 10.8 Å². The van der Waals surface area contributed by atoms with Crippen molar-refractivity contribution >= 4 is 6.29 Å². The van der Waals surface area contributed by atoms with E-state index in [1.807, 2.05) is 13.8 Å². The zero-order valence-electron chi connectivity index (χ0n) is 10.6. The van der Waals surface area contributed by atoms with Gasteiger partial charge < -0.3 is 14.3 Å². The van der Waals surface area contributed by atoms with E-state index >= 15 is 0 Å². The monoisotopic (exact) mass is 216 g/mol. The minimum absolute atomic E-state index is 0.0337. The largest absolute Gasteiger partial charge is 0.384 e. The topological polar surface area (TPSA) is 35.5 Å². The Morgan fingerprint density at radius 1 is 1.00 bits per heavy atom. The third-order valence-electron chi connectivity index (χ3n) is 2.16. The lowest BCUT2D eigenvalue weighted by atomic mass is 9.91. The molecule has 0 aromatic heterocycles. The van der Waals surface area contributed by atoms with Crippen LogP contribution in [0.25, 0.3) is 0 Å². The lowest BCUT2D eigenvalue weighted by Gasteiger charge is -2.27. The fourth-order valence-corrected chi connectivity index (χ4v) is 1.32. The molecule has 3 heteroatoms. The first-order valence-corrected chi connectivity index (χ1v) is 5.33. The van der Waals surface area contributed by atoms with Crippen molar-refractivity contribution in [3.63, 3.8) is 0 Å². The van der Waals surface area contributed by atoms with E-state index in [2.05, 4.69) is 13.8 Å². The first-order valence-electron chi connectivity index (χ1n) is 5.33. The summed E-state index contributed by atoms with van der Waals surface area (Å²) in [4.78, 5) is 10.4. The molecular weight excluding hydrogens is 192 g/mol. The maximum Gasteiger partial charge on any atom is 0.120 e. The van der Waals surface area contributed by atoms with Gasteiger partial charge in [0.25, 0.3) is 0 Å². The Morgan fingerprint density at radius 2 is 1.53 bits per heavy atom. The molecule has 0 atom stereocenters. The third-order valence-corrected chi connectivity index (χ3v) is 2.16. The van der Waals surface area contributed by atoms with Gasteiger partial charge in [0.05, 0.1) is 19.8 Å². The van der Waals surface area contributed by atoms with E-state index in [1.165, 1.54) is 0 Å². The fraction of sp³-hybridized carbons (Fsp3) is 0.917. The van der Waals surface area contributed by atoms with Gasteiger partial charge in [0.15, 0.2) is 0 Å². The number of aldehydes is 1. The molecule has 0 saturated carbocycles. The summed E-state index contributed by atoms with van der Waals surface area (Å²) in [6.45, 7) is 10.2. The summed E-state index contributed by atoms with van der Waals surface area (Å²) in [6.07, 6.45) is 1.49. The first kappa shape index (κ1) is 14.6. The van der Waals surface area contributed by atoms with Crippen molar-refractivity contribution in [1.82, 2.24) is 0 Å². The van der Waals surface area contributed by atoms with E-state index in [0.717, 1.165) is 6.29 Å². The second-order valence-electron chi connectivity index (χ2n) is 5.63. The molecule has 15 heavy (non-hydrogen) atoms. The molecule has 0 aliphatic carbocycles. The van der Waals surface area contributed by atoms with E-state index in [9.17, 15) is 4.79 Å². The van der Waals surface area contributed by atoms with Crippen LogP contribution in [0, 0.1) is 10.8 Å². The van der Waals surface area contributed by atoms with Gasteiger partial charge in [-0.2, -0.15) is 0 Å². The predicted molar refractivity (Wildman–Crippen MR) is 60.9 cm³/mol. The van der Waals surface area contributed by atoms with Crippen LogP contribution in [0.4, 0.5) is 0 Å². The molecule has 0 heterocycles. The summed E-state index contributed by atoms with van der Waals surface area (Å²) in [7, 11) is 1.69. The molecule has 0 saturated heterocycles. The molecule has 0 aromatic rings. The molecule has 0 aromatic carbocycles. The highest BCUT2D eigenvalue weighted by Gasteiger charge is 2.22. The lowest BCUT2D eigenvalue weighted by Crippen LogP contribution is -2.28. The fourth-order valence-electron chi connectivity index (χ4n) is 1.32. The Bertz CT molecular complexity index is 185. The van der Waals surface area contributed by atoms with E-state index < -0.39 is 0 Å². The average Bonchev–Trinajstić information content (AvgIpc) is 2.02. The molecule has 0 radical (unpaired) electrons. The van der Waals surface area contributed by atoms with Crippen LogP contribution in [0.15, 0.2) is 0 Å². The molecule has 90 valence electrons. The number of carbonyl (C=O) groups is 1. The maximum atomic E-state index is 10.4. The number of methoxy groups -OCH3 is 1. The van der Waals surface area contributed by atoms with Gasteiger partial charge in [-0.3, -0.25) is 0 Å². The van der Waals surface area contributed by atoms with Crippen molar-refractivity contribution < 1.29 is 14.3 Å². The summed E-state index contributed by atoms with van der Waals surface area (Å²) in [5.41, 5.74) is -0.0308. The zero-order valence-corrected chi connectivity index (χ0v) is 10.6. The normalized spacial score (nSPS) is 12.9. The van der Waals surface area contributed by atoms with Crippen molar-refractivity contribution in [2.45, 2.75) is 34.1 Å². The summed E-state index contributed by atoms with van der Waals surface area (Å²) in [5.74, 6) is 0. The summed E-state index contributed by atoms with van der Waals surface area (Å²) < 4.78 is 10.7. The minimum Gasteiger partial charge on any atom is -0.384 e. The Hall–Kier alpha value is -0.410. The van der Waals surface area contributed by atoms with Crippen LogP contribution in [0.2, 0.25) is 0 Å². The number of carbonyl (C=O) groups excluding carboxylic acids is 1. The second-order valence-corrected chi connectivity index (χ2v) is 5.63. The second kappa shape index (κ2) is 6.23. The Labute approximate surface area is 93.1 Å². The van der Waals surface area contributed by atoms with Crippen LogP contribution in [0.1, 0.15) is 34.1 Å². The molecule has 0 bridgehead atoms. The molecule has 0 N–H and O–H groups in total. The molecule has 0 aliphatic rings. The van der Waals surface area contributed by atoms with E-state index in [1.54, 1.807) is 7.11 Å². The van der Waals surface area contributed by atoms with Crippen molar-refractivity contribution in [3.05, 3.63) is 0 Å². The van der Waals surface area contributed by atoms with Crippen LogP contribution >= 0.6 is 0 Å². The Morgan fingerprint density at radius 3 is 2.00 bits per heavy atom. The smallest absolute Gasteiger partial charge is 0.120 e. The van der Waals surface area contributed by atoms with E-state index in [0.29, 0.717) is 26.2 Å². The maximum absolute atomic E-state index is 10.4. The van der Waals surface area contributed by atoms with Crippen molar-refractivity contribution in [2.24, 2.45) is 10.8 Å². The minimum atomic E-state index is -0.0646. The van der Waals surface area contributed by atoms with Crippen molar-refractivity contribution in [1.29, 1.82) is 0 Å². The van der Waals surface area contributed by atoms with Gasteiger partial charge in [0.2, 0.25) is 0 Å². The van der Waals surface area contributed by atoms with Crippen LogP contribution < -0.4 is 0 Å². The summed E-state index contributed by atoms with van der Waals surface area (Å²) in [6, 6.07) is 0. The number of hydrogen-bond acceptors (Lipinski definition) is 3. The average molecular weight is 216 g/mol. The molecule has 0 unspecified atom stereocenters. The molecule has 0 rings (SSSR count). The Kier molecular flexibility index (Phi) is 6.06. The van der Waals surface area contributed by atoms with Gasteiger partial charge in [0.1, 0.15) is 6.29 Å². The van der Waals surface area contributed by atoms with Crippen molar-refractivity contribution in [2.75, 3.05) is 26.9 Å². The number of rotatable bonds is 8. The molecule has 0 amide bonds. The van der Waals surface area contributed by atoms with Gasteiger partial charge >= 0.3 is 0 Å². The molecular formula is C12H24O3. The highest BCUT2D eigenvalue weighted by molar-refractivity contribution is 5.50. The lowest BCUT2D eigenvalue weighted by molar-refractivity contribution is -0.110. The SMILES string of the molecule is COCC(C)(C)COCC(C)(C)CC=O. The zero-order chi connectivity index (χ0) is 11.9. The molecule has 0 fully saturated rings. The molecule has 0 aliphatic heterocycles. The predicted octanol–water partition coefficient (Wildman–Crippen LogP) is 2.29. The Balaban J connectivity index is 3.82. The number of ether oxygens (including phenoxy) is 2. The van der Waals surface area contributed by atoms with Gasteiger partial charge in [-0.25, -0.2) is 0 Å². The van der Waals surface area contributed by atoms with Gasteiger partial charge in [-0.15, -0.1) is 0 Å². The highest BCUT2D eigenvalue weighted by Crippen LogP contribution is 2.21. The van der Waals surface area contributed by atoms with Gasteiger partial charge in [-0.05, 0) is 5.41 Å². The highest BCUT2D eigenvalue weighted by atomic mass is 16.5. The van der Waals surface area contributed by atoms with Crippen LogP contribution in [-0.4, -0.2) is 33.2 Å². The quantitative estimate of drug-likeness (QED) is 0.584. The first-order chi connectivity index (χ1) is 6.83. The van der Waals surface area contributed by atoms with E-state index in [4.69, 9.17) is 9.47 Å². The van der Waals surface area contributed by atoms with Crippen LogP contribution in [0.3, 0.4) is 0 Å². The third kappa shape index (κ3) is 7.51. The van der Waals surface area contributed by atoms with Crippen molar-refractivity contribution in [3.8, 4) is 0 Å². The number of hydrogen-bond donors (Lipinski definition) is 0. The molecule has 0 spiro atoms. The van der Waals surface area contributed by atoms with Gasteiger partial charge in [-0.1, -0.05) is 27.7 Å². The van der Waals surface area contributed by atoms with Crippen LogP contribution in [-0.2, 0) is 14.3 Å². The standard InChI is InChI=1S/C12H24O3/c1-11(2,6-7-13)9-15-10-12(3,4)8-14-5/h7H,6,8-10H2,1-5H3. The van der Waals surface area contributed by atoms with Crippen LogP contribution in [0.5, 0.6) is 0 Å². The summed E-state index contributed by atoms with van der Waals surface area (Å²) in [5, 5.41) is 0. The molecule has 3 nitrogen and oxygen atoms in total. The summed E-state index contributed by atoms with van der Waals surface area (Å²) >= 11 is 0.